The number of aliphatic hydroxyl groups is 1. The lowest BCUT2D eigenvalue weighted by Gasteiger charge is -2.34. The summed E-state index contributed by atoms with van der Waals surface area (Å²) in [6.45, 7) is 10.4. The van der Waals surface area contributed by atoms with Crippen LogP contribution in [0.3, 0.4) is 0 Å². The van der Waals surface area contributed by atoms with Crippen molar-refractivity contribution in [3.63, 3.8) is 0 Å². The molecular formula is C25H36O6. The predicted octanol–water partition coefficient (Wildman–Crippen LogP) is 5.31. The Morgan fingerprint density at radius 3 is 2.03 bits per heavy atom. The fourth-order valence-corrected chi connectivity index (χ4v) is 3.77. The topological polar surface area (TPSA) is 66.4 Å². The van der Waals surface area contributed by atoms with Crippen molar-refractivity contribution in [2.75, 3.05) is 35.0 Å². The van der Waals surface area contributed by atoms with E-state index < -0.39 is 5.41 Å². The molecule has 0 aromatic heterocycles. The first-order valence-corrected chi connectivity index (χ1v) is 10.5. The Balaban J connectivity index is 2.75. The third kappa shape index (κ3) is 5.25. The van der Waals surface area contributed by atoms with Gasteiger partial charge < -0.3 is 28.8 Å². The first-order valence-electron chi connectivity index (χ1n) is 10.5. The largest absolute Gasteiger partial charge is 0.496 e. The molecule has 0 fully saturated rings. The average molecular weight is 433 g/mol. The van der Waals surface area contributed by atoms with Gasteiger partial charge in [-0.25, -0.2) is 0 Å². The van der Waals surface area contributed by atoms with E-state index >= 15 is 0 Å². The number of fused-ring (bicyclic) bond motifs is 1. The lowest BCUT2D eigenvalue weighted by atomic mass is 9.81. The normalized spacial score (nSPS) is 13.5. The molecule has 0 spiro atoms. The summed E-state index contributed by atoms with van der Waals surface area (Å²) in [5.41, 5.74) is 0.434. The van der Waals surface area contributed by atoms with E-state index in [4.69, 9.17) is 23.7 Å². The molecule has 0 aliphatic rings. The standard InChI is InChI=1S/C25H36O6/c1-9-25(3,4)24(31-14-10-11-16(2)26)17-15-20(29-7)21-18(27-5)12-13-19(28-6)22(21)23(17)30-8/h9,12-13,15-16,24,26H,1,10-11,14H2,2-8H3. The van der Waals surface area contributed by atoms with E-state index in [9.17, 15) is 5.11 Å². The minimum Gasteiger partial charge on any atom is -0.496 e. The van der Waals surface area contributed by atoms with E-state index in [1.807, 2.05) is 24.3 Å². The van der Waals surface area contributed by atoms with Gasteiger partial charge in [0.15, 0.2) is 0 Å². The van der Waals surface area contributed by atoms with Crippen LogP contribution in [0.25, 0.3) is 10.8 Å². The Hall–Kier alpha value is -2.44. The predicted molar refractivity (Wildman–Crippen MR) is 124 cm³/mol. The van der Waals surface area contributed by atoms with Crippen LogP contribution < -0.4 is 18.9 Å². The summed E-state index contributed by atoms with van der Waals surface area (Å²) < 4.78 is 29.3. The molecule has 0 radical (unpaired) electrons. The van der Waals surface area contributed by atoms with Crippen LogP contribution in [-0.4, -0.2) is 46.3 Å². The molecule has 0 aliphatic heterocycles. The van der Waals surface area contributed by atoms with Crippen LogP contribution in [-0.2, 0) is 4.74 Å². The average Bonchev–Trinajstić information content (AvgIpc) is 2.76. The Morgan fingerprint density at radius 1 is 0.968 bits per heavy atom. The van der Waals surface area contributed by atoms with Gasteiger partial charge in [0.1, 0.15) is 23.0 Å². The molecule has 2 unspecified atom stereocenters. The van der Waals surface area contributed by atoms with Crippen molar-refractivity contribution in [3.05, 3.63) is 36.4 Å². The van der Waals surface area contributed by atoms with Gasteiger partial charge in [0.25, 0.3) is 0 Å². The van der Waals surface area contributed by atoms with Crippen LogP contribution >= 0.6 is 0 Å². The van der Waals surface area contributed by atoms with Crippen molar-refractivity contribution in [2.45, 2.75) is 45.8 Å². The van der Waals surface area contributed by atoms with Crippen LogP contribution in [0, 0.1) is 5.41 Å². The molecule has 6 heteroatoms. The van der Waals surface area contributed by atoms with Gasteiger partial charge >= 0.3 is 0 Å². The quantitative estimate of drug-likeness (QED) is 0.362. The molecule has 0 saturated carbocycles. The zero-order valence-electron chi connectivity index (χ0n) is 19.8. The van der Waals surface area contributed by atoms with E-state index in [0.717, 1.165) is 22.8 Å². The highest BCUT2D eigenvalue weighted by Gasteiger charge is 2.34. The smallest absolute Gasteiger partial charge is 0.136 e. The SMILES string of the molecule is C=CC(C)(C)C(OCCCC(C)O)c1cc(OC)c2c(OC)ccc(OC)c2c1OC. The van der Waals surface area contributed by atoms with Crippen LogP contribution in [0.2, 0.25) is 0 Å². The molecule has 172 valence electrons. The van der Waals surface area contributed by atoms with Crippen molar-refractivity contribution >= 4 is 10.8 Å². The van der Waals surface area contributed by atoms with Crippen LogP contribution in [0.1, 0.15) is 45.3 Å². The zero-order valence-corrected chi connectivity index (χ0v) is 19.8. The number of hydrogen-bond acceptors (Lipinski definition) is 6. The summed E-state index contributed by atoms with van der Waals surface area (Å²) in [7, 11) is 6.50. The Labute approximate surface area is 185 Å². The third-order valence-corrected chi connectivity index (χ3v) is 5.55. The maximum atomic E-state index is 9.58. The highest BCUT2D eigenvalue weighted by Crippen LogP contribution is 2.51. The number of ether oxygens (including phenoxy) is 5. The Morgan fingerprint density at radius 2 is 1.55 bits per heavy atom. The third-order valence-electron chi connectivity index (χ3n) is 5.55. The van der Waals surface area contributed by atoms with Gasteiger partial charge in [-0.15, -0.1) is 6.58 Å². The maximum Gasteiger partial charge on any atom is 0.136 e. The van der Waals surface area contributed by atoms with Gasteiger partial charge in [-0.1, -0.05) is 19.9 Å². The van der Waals surface area contributed by atoms with Crippen molar-refractivity contribution in [1.82, 2.24) is 0 Å². The van der Waals surface area contributed by atoms with E-state index in [-0.39, 0.29) is 12.2 Å². The molecule has 6 nitrogen and oxygen atoms in total. The van der Waals surface area contributed by atoms with Gasteiger partial charge in [-0.2, -0.15) is 0 Å². The summed E-state index contributed by atoms with van der Waals surface area (Å²) in [6.07, 6.45) is 2.57. The number of benzene rings is 2. The van der Waals surface area contributed by atoms with Crippen molar-refractivity contribution in [3.8, 4) is 23.0 Å². The fraction of sp³-hybridized carbons (Fsp3) is 0.520. The van der Waals surface area contributed by atoms with Crippen molar-refractivity contribution < 1.29 is 28.8 Å². The molecule has 2 aromatic carbocycles. The number of rotatable bonds is 12. The lowest BCUT2D eigenvalue weighted by molar-refractivity contribution is -0.0132. The summed E-state index contributed by atoms with van der Waals surface area (Å²) in [5, 5.41) is 11.1. The minimum atomic E-state index is -0.400. The summed E-state index contributed by atoms with van der Waals surface area (Å²) >= 11 is 0. The van der Waals surface area contributed by atoms with E-state index in [0.29, 0.717) is 36.0 Å². The van der Waals surface area contributed by atoms with Crippen LogP contribution in [0.5, 0.6) is 23.0 Å². The molecular weight excluding hydrogens is 396 g/mol. The lowest BCUT2D eigenvalue weighted by Crippen LogP contribution is -2.24. The van der Waals surface area contributed by atoms with Gasteiger partial charge in [-0.05, 0) is 38.0 Å². The number of aliphatic hydroxyl groups excluding tert-OH is 1. The Kier molecular flexibility index (Phi) is 8.60. The van der Waals surface area contributed by atoms with Gasteiger partial charge in [0, 0.05) is 17.6 Å². The van der Waals surface area contributed by atoms with Crippen LogP contribution in [0.15, 0.2) is 30.9 Å². The second-order valence-corrected chi connectivity index (χ2v) is 8.19. The minimum absolute atomic E-state index is 0.358. The van der Waals surface area contributed by atoms with E-state index in [2.05, 4.69) is 20.4 Å². The molecule has 0 bridgehead atoms. The van der Waals surface area contributed by atoms with Crippen molar-refractivity contribution in [2.24, 2.45) is 5.41 Å². The first-order chi connectivity index (χ1) is 14.7. The van der Waals surface area contributed by atoms with Gasteiger partial charge in [0.05, 0.1) is 51.4 Å². The number of methoxy groups -OCH3 is 4. The summed E-state index contributed by atoms with van der Waals surface area (Å²) in [4.78, 5) is 0. The van der Waals surface area contributed by atoms with Crippen molar-refractivity contribution in [1.29, 1.82) is 0 Å². The molecule has 0 amide bonds. The molecule has 0 saturated heterocycles. The zero-order chi connectivity index (χ0) is 23.2. The second-order valence-electron chi connectivity index (χ2n) is 8.19. The highest BCUT2D eigenvalue weighted by atomic mass is 16.5. The van der Waals surface area contributed by atoms with Gasteiger partial charge in [0.2, 0.25) is 0 Å². The maximum absolute atomic E-state index is 9.58. The number of hydrogen-bond donors (Lipinski definition) is 1. The highest BCUT2D eigenvalue weighted by molar-refractivity contribution is 6.03. The molecule has 31 heavy (non-hydrogen) atoms. The molecule has 0 heterocycles. The summed E-state index contributed by atoms with van der Waals surface area (Å²) in [6, 6.07) is 5.64. The van der Waals surface area contributed by atoms with Crippen LogP contribution in [0.4, 0.5) is 0 Å². The Bertz CT molecular complexity index is 887. The molecule has 2 rings (SSSR count). The monoisotopic (exact) mass is 432 g/mol. The summed E-state index contributed by atoms with van der Waals surface area (Å²) in [5.74, 6) is 2.59. The second kappa shape index (κ2) is 10.7. The first kappa shape index (κ1) is 24.8. The molecule has 1 N–H and O–H groups in total. The molecule has 0 aliphatic carbocycles. The fourth-order valence-electron chi connectivity index (χ4n) is 3.77. The van der Waals surface area contributed by atoms with E-state index in [1.54, 1.807) is 35.4 Å². The van der Waals surface area contributed by atoms with E-state index in [1.165, 1.54) is 0 Å². The molecule has 2 atom stereocenters. The van der Waals surface area contributed by atoms with Gasteiger partial charge in [-0.3, -0.25) is 0 Å². The molecule has 2 aromatic rings.